The second-order valence-electron chi connectivity index (χ2n) is 6.93. The molecule has 7 heteroatoms. The molecule has 0 spiro atoms. The average Bonchev–Trinajstić information content (AvgIpc) is 3.17. The molecule has 0 atom stereocenters. The van der Waals surface area contributed by atoms with Gasteiger partial charge < -0.3 is 18.9 Å². The highest BCUT2D eigenvalue weighted by atomic mass is 16.5. The number of morpholine rings is 1. The number of carbonyl (C=O) groups is 2. The Hall–Kier alpha value is -3.63. The van der Waals surface area contributed by atoms with Crippen molar-refractivity contribution in [3.63, 3.8) is 0 Å². The lowest BCUT2D eigenvalue weighted by Crippen LogP contribution is -2.40. The number of nitrogens with zero attached hydrogens (tertiary/aromatic N) is 3. The minimum atomic E-state index is -0.370. The Balaban J connectivity index is 0.00000272. The Morgan fingerprint density at radius 3 is 2.42 bits per heavy atom. The van der Waals surface area contributed by atoms with Crippen LogP contribution in [0, 0.1) is 11.3 Å². The van der Waals surface area contributed by atoms with Crippen LogP contribution in [0.1, 0.15) is 40.6 Å². The molecular weight excluding hydrogens is 394 g/mol. The van der Waals surface area contributed by atoms with E-state index in [2.05, 4.69) is 6.07 Å². The topological polar surface area (TPSA) is 84.6 Å². The van der Waals surface area contributed by atoms with Gasteiger partial charge in [-0.1, -0.05) is 7.43 Å². The van der Waals surface area contributed by atoms with E-state index < -0.39 is 0 Å². The first-order chi connectivity index (χ1) is 14.6. The largest absolute Gasteiger partial charge is 0.462 e. The normalized spacial score (nSPS) is 13.4. The second-order valence-corrected chi connectivity index (χ2v) is 6.93. The third kappa shape index (κ3) is 4.30. The van der Waals surface area contributed by atoms with E-state index in [9.17, 15) is 14.9 Å². The van der Waals surface area contributed by atoms with Gasteiger partial charge in [0.1, 0.15) is 6.07 Å². The number of ether oxygens (including phenoxy) is 2. The van der Waals surface area contributed by atoms with E-state index in [0.29, 0.717) is 55.0 Å². The molecule has 4 rings (SSSR count). The number of amides is 1. The molecule has 0 radical (unpaired) electrons. The van der Waals surface area contributed by atoms with Crippen molar-refractivity contribution in [3.8, 4) is 11.8 Å². The van der Waals surface area contributed by atoms with E-state index in [1.54, 1.807) is 54.4 Å². The van der Waals surface area contributed by atoms with Gasteiger partial charge in [-0.25, -0.2) is 4.79 Å². The minimum absolute atomic E-state index is 0. The molecule has 160 valence electrons. The van der Waals surface area contributed by atoms with Gasteiger partial charge in [0.2, 0.25) is 0 Å². The molecule has 0 saturated carbocycles. The number of fused-ring (bicyclic) bond motifs is 1. The summed E-state index contributed by atoms with van der Waals surface area (Å²) in [5.74, 6) is -0.430. The Kier molecular flexibility index (Phi) is 6.73. The lowest BCUT2D eigenvalue weighted by molar-refractivity contribution is 0.0303. The van der Waals surface area contributed by atoms with Crippen molar-refractivity contribution in [2.24, 2.45) is 0 Å². The second kappa shape index (κ2) is 9.45. The first-order valence-corrected chi connectivity index (χ1v) is 9.82. The molecule has 1 fully saturated rings. The number of rotatable bonds is 4. The van der Waals surface area contributed by atoms with Gasteiger partial charge >= 0.3 is 5.97 Å². The average molecular weight is 419 g/mol. The number of aromatic nitrogens is 1. The Morgan fingerprint density at radius 1 is 1.10 bits per heavy atom. The minimum Gasteiger partial charge on any atom is -0.462 e. The maximum Gasteiger partial charge on any atom is 0.338 e. The molecule has 7 nitrogen and oxygen atoms in total. The van der Waals surface area contributed by atoms with E-state index in [1.807, 2.05) is 10.6 Å². The van der Waals surface area contributed by atoms with Gasteiger partial charge in [0, 0.05) is 35.9 Å². The fraction of sp³-hybridized carbons (Fsp3) is 0.292. The molecule has 1 amide bonds. The van der Waals surface area contributed by atoms with Crippen molar-refractivity contribution in [1.82, 2.24) is 9.47 Å². The van der Waals surface area contributed by atoms with Crippen molar-refractivity contribution < 1.29 is 19.1 Å². The van der Waals surface area contributed by atoms with E-state index in [0.717, 1.165) is 11.2 Å². The van der Waals surface area contributed by atoms with Crippen molar-refractivity contribution in [2.45, 2.75) is 14.4 Å². The van der Waals surface area contributed by atoms with Crippen molar-refractivity contribution in [1.29, 1.82) is 5.26 Å². The lowest BCUT2D eigenvalue weighted by atomic mass is 10.1. The van der Waals surface area contributed by atoms with Gasteiger partial charge in [-0.3, -0.25) is 4.79 Å². The van der Waals surface area contributed by atoms with Crippen molar-refractivity contribution >= 4 is 22.8 Å². The van der Waals surface area contributed by atoms with Gasteiger partial charge in [-0.2, -0.15) is 5.26 Å². The molecule has 1 aromatic heterocycles. The predicted molar refractivity (Wildman–Crippen MR) is 117 cm³/mol. The first-order valence-electron chi connectivity index (χ1n) is 9.82. The molecule has 1 aliphatic rings. The van der Waals surface area contributed by atoms with Crippen LogP contribution in [0.25, 0.3) is 16.6 Å². The molecule has 1 aliphatic heterocycles. The monoisotopic (exact) mass is 419 g/mol. The van der Waals surface area contributed by atoms with Crippen LogP contribution in [-0.2, 0) is 9.47 Å². The molecule has 2 heterocycles. The summed E-state index contributed by atoms with van der Waals surface area (Å²) in [4.78, 5) is 26.4. The fourth-order valence-corrected chi connectivity index (χ4v) is 3.59. The predicted octanol–water partition coefficient (Wildman–Crippen LogP) is 3.79. The molecule has 2 aromatic carbocycles. The maximum absolute atomic E-state index is 12.8. The van der Waals surface area contributed by atoms with Gasteiger partial charge in [0.05, 0.1) is 36.5 Å². The van der Waals surface area contributed by atoms with Crippen molar-refractivity contribution in [3.05, 3.63) is 65.4 Å². The van der Waals surface area contributed by atoms with Crippen LogP contribution < -0.4 is 0 Å². The number of carbonyl (C=O) groups excluding carboxylic acids is 2. The molecule has 1 saturated heterocycles. The first kappa shape index (κ1) is 22.1. The van der Waals surface area contributed by atoms with Crippen LogP contribution in [0.15, 0.2) is 48.7 Å². The molecule has 0 aliphatic carbocycles. The summed E-state index contributed by atoms with van der Waals surface area (Å²) in [6, 6.07) is 14.6. The van der Waals surface area contributed by atoms with Gasteiger partial charge in [-0.15, -0.1) is 0 Å². The van der Waals surface area contributed by atoms with Gasteiger partial charge in [0.15, 0.2) is 0 Å². The van der Waals surface area contributed by atoms with Crippen LogP contribution in [0.2, 0.25) is 0 Å². The smallest absolute Gasteiger partial charge is 0.338 e. The molecule has 3 aromatic rings. The van der Waals surface area contributed by atoms with E-state index in [4.69, 9.17) is 9.47 Å². The Morgan fingerprint density at radius 2 is 1.77 bits per heavy atom. The summed E-state index contributed by atoms with van der Waals surface area (Å²) in [6.45, 7) is 4.29. The summed E-state index contributed by atoms with van der Waals surface area (Å²) >= 11 is 0. The highest BCUT2D eigenvalue weighted by Crippen LogP contribution is 2.26. The summed E-state index contributed by atoms with van der Waals surface area (Å²) in [5, 5.41) is 10.3. The number of hydrogen-bond donors (Lipinski definition) is 0. The third-order valence-electron chi connectivity index (χ3n) is 5.13. The molecular formula is C24H25N3O4. The van der Waals surface area contributed by atoms with Gasteiger partial charge in [-0.05, 0) is 49.4 Å². The molecule has 0 unspecified atom stereocenters. The van der Waals surface area contributed by atoms with Crippen LogP contribution in [0.3, 0.4) is 0 Å². The fourth-order valence-electron chi connectivity index (χ4n) is 3.59. The lowest BCUT2D eigenvalue weighted by Gasteiger charge is -2.26. The van der Waals surface area contributed by atoms with Gasteiger partial charge in [0.25, 0.3) is 5.91 Å². The highest BCUT2D eigenvalue weighted by molar-refractivity contribution is 6.00. The van der Waals surface area contributed by atoms with E-state index in [-0.39, 0.29) is 19.3 Å². The van der Waals surface area contributed by atoms with Crippen LogP contribution in [-0.4, -0.2) is 54.3 Å². The summed E-state index contributed by atoms with van der Waals surface area (Å²) in [5.41, 5.74) is 3.12. The van der Waals surface area contributed by atoms with E-state index >= 15 is 0 Å². The zero-order valence-corrected chi connectivity index (χ0v) is 16.6. The van der Waals surface area contributed by atoms with Crippen LogP contribution in [0.5, 0.6) is 0 Å². The maximum atomic E-state index is 12.8. The third-order valence-corrected chi connectivity index (χ3v) is 5.13. The number of esters is 1. The zero-order chi connectivity index (χ0) is 21.1. The number of hydrogen-bond acceptors (Lipinski definition) is 5. The summed E-state index contributed by atoms with van der Waals surface area (Å²) in [6.07, 6.45) is 1.74. The van der Waals surface area contributed by atoms with E-state index in [1.165, 1.54) is 0 Å². The summed E-state index contributed by atoms with van der Waals surface area (Å²) in [7, 11) is 0. The Bertz CT molecular complexity index is 1140. The van der Waals surface area contributed by atoms with Crippen molar-refractivity contribution in [2.75, 3.05) is 32.9 Å². The standard InChI is InChI=1S/C23H21N3O4.CH4/c1-2-30-23(28)16-3-6-19(7-4-16)26-15-18(14-24)20-13-17(5-8-21(20)26)22(27)25-9-11-29-12-10-25;/h3-8,13,15H,2,9-12H2,1H3;1H4. The quantitative estimate of drug-likeness (QED) is 0.601. The summed E-state index contributed by atoms with van der Waals surface area (Å²) < 4.78 is 12.2. The van der Waals surface area contributed by atoms with Crippen LogP contribution >= 0.6 is 0 Å². The number of nitriles is 1. The SMILES string of the molecule is C.CCOC(=O)c1ccc(-n2cc(C#N)c3cc(C(=O)N4CCOCC4)ccc32)cc1. The molecule has 0 N–H and O–H groups in total. The zero-order valence-electron chi connectivity index (χ0n) is 16.6. The Labute approximate surface area is 181 Å². The molecule has 31 heavy (non-hydrogen) atoms. The highest BCUT2D eigenvalue weighted by Gasteiger charge is 2.20. The number of benzene rings is 2. The molecule has 0 bridgehead atoms. The van der Waals surface area contributed by atoms with Crippen LogP contribution in [0.4, 0.5) is 0 Å².